The van der Waals surface area contributed by atoms with Gasteiger partial charge in [0.15, 0.2) is 0 Å². The van der Waals surface area contributed by atoms with Crippen LogP contribution >= 0.6 is 0 Å². The van der Waals surface area contributed by atoms with Gasteiger partial charge in [-0.3, -0.25) is 0 Å². The first-order chi connectivity index (χ1) is 6.36. The molecule has 0 fully saturated rings. The number of anilines is 1. The largest absolute Gasteiger partial charge is 0.384 e. The average Bonchev–Trinajstić information content (AvgIpc) is 2.19. The Morgan fingerprint density at radius 1 is 1.46 bits per heavy atom. The minimum absolute atomic E-state index is 0.774. The summed E-state index contributed by atoms with van der Waals surface area (Å²) < 4.78 is 0. The van der Waals surface area contributed by atoms with Crippen molar-refractivity contribution in [3.8, 4) is 12.3 Å². The maximum absolute atomic E-state index is 5.16. The van der Waals surface area contributed by atoms with E-state index in [1.54, 1.807) is 0 Å². The fraction of sp³-hybridized carbons (Fsp3) is 0.333. The summed E-state index contributed by atoms with van der Waals surface area (Å²) in [5.41, 5.74) is 2.51. The SMILES string of the molecule is C#CCCNc1cccc(CC)c1. The molecule has 1 N–H and O–H groups in total. The molecular formula is C12H15N. The van der Waals surface area contributed by atoms with E-state index < -0.39 is 0 Å². The second-order valence-electron chi connectivity index (χ2n) is 2.93. The Labute approximate surface area is 80.2 Å². The summed E-state index contributed by atoms with van der Waals surface area (Å²) in [5.74, 6) is 2.60. The Hall–Kier alpha value is -1.42. The van der Waals surface area contributed by atoms with Crippen molar-refractivity contribution in [3.63, 3.8) is 0 Å². The molecule has 1 rings (SSSR count). The minimum atomic E-state index is 0.774. The first-order valence-electron chi connectivity index (χ1n) is 4.63. The van der Waals surface area contributed by atoms with Crippen LogP contribution in [0.1, 0.15) is 18.9 Å². The number of nitrogens with one attached hydrogen (secondary N) is 1. The Morgan fingerprint density at radius 2 is 2.31 bits per heavy atom. The van der Waals surface area contributed by atoms with E-state index in [2.05, 4.69) is 42.4 Å². The second-order valence-corrected chi connectivity index (χ2v) is 2.93. The van der Waals surface area contributed by atoms with Gasteiger partial charge in [0.05, 0.1) is 0 Å². The maximum Gasteiger partial charge on any atom is 0.0343 e. The van der Waals surface area contributed by atoms with Crippen LogP contribution in [0.4, 0.5) is 5.69 Å². The van der Waals surface area contributed by atoms with Crippen molar-refractivity contribution in [1.29, 1.82) is 0 Å². The number of benzene rings is 1. The van der Waals surface area contributed by atoms with E-state index in [4.69, 9.17) is 6.42 Å². The van der Waals surface area contributed by atoms with E-state index in [-0.39, 0.29) is 0 Å². The number of terminal acetylenes is 1. The maximum atomic E-state index is 5.16. The summed E-state index contributed by atoms with van der Waals surface area (Å²) in [4.78, 5) is 0. The van der Waals surface area contributed by atoms with Gasteiger partial charge in [0.2, 0.25) is 0 Å². The van der Waals surface area contributed by atoms with Gasteiger partial charge < -0.3 is 5.32 Å². The van der Waals surface area contributed by atoms with Crippen molar-refractivity contribution in [3.05, 3.63) is 29.8 Å². The fourth-order valence-corrected chi connectivity index (χ4v) is 1.18. The molecule has 0 saturated carbocycles. The number of aryl methyl sites for hydroxylation is 1. The van der Waals surface area contributed by atoms with Crippen LogP contribution in [0.2, 0.25) is 0 Å². The van der Waals surface area contributed by atoms with Crippen LogP contribution in [0.3, 0.4) is 0 Å². The summed E-state index contributed by atoms with van der Waals surface area (Å²) in [6, 6.07) is 8.43. The van der Waals surface area contributed by atoms with Crippen molar-refractivity contribution < 1.29 is 0 Å². The van der Waals surface area contributed by atoms with Crippen LogP contribution in [0.5, 0.6) is 0 Å². The summed E-state index contributed by atoms with van der Waals surface area (Å²) in [6.07, 6.45) is 7.01. The second kappa shape index (κ2) is 5.27. The zero-order valence-electron chi connectivity index (χ0n) is 8.01. The predicted molar refractivity (Wildman–Crippen MR) is 57.8 cm³/mol. The molecule has 0 unspecified atom stereocenters. The Kier molecular flexibility index (Phi) is 3.92. The molecule has 0 atom stereocenters. The Bertz CT molecular complexity index is 296. The fourth-order valence-electron chi connectivity index (χ4n) is 1.18. The van der Waals surface area contributed by atoms with Crippen molar-refractivity contribution >= 4 is 5.69 Å². The molecule has 0 aliphatic rings. The highest BCUT2D eigenvalue weighted by atomic mass is 14.9. The lowest BCUT2D eigenvalue weighted by Gasteiger charge is -2.05. The topological polar surface area (TPSA) is 12.0 Å². The predicted octanol–water partition coefficient (Wildman–Crippen LogP) is 2.68. The molecule has 68 valence electrons. The molecule has 0 amide bonds. The normalized spacial score (nSPS) is 9.23. The lowest BCUT2D eigenvalue weighted by Crippen LogP contribution is -2.00. The summed E-state index contributed by atoms with van der Waals surface area (Å²) in [5, 5.41) is 3.28. The molecule has 0 radical (unpaired) electrons. The van der Waals surface area contributed by atoms with Gasteiger partial charge in [-0.05, 0) is 24.1 Å². The molecule has 0 spiro atoms. The van der Waals surface area contributed by atoms with E-state index in [1.807, 2.05) is 0 Å². The van der Waals surface area contributed by atoms with Crippen LogP contribution in [-0.2, 0) is 6.42 Å². The highest BCUT2D eigenvalue weighted by Gasteiger charge is 1.92. The van der Waals surface area contributed by atoms with E-state index in [0.29, 0.717) is 0 Å². The molecule has 0 aromatic heterocycles. The van der Waals surface area contributed by atoms with Crippen molar-refractivity contribution in [2.45, 2.75) is 19.8 Å². The van der Waals surface area contributed by atoms with Crippen LogP contribution in [0, 0.1) is 12.3 Å². The summed E-state index contributed by atoms with van der Waals surface area (Å²) in [6.45, 7) is 3.00. The number of hydrogen-bond acceptors (Lipinski definition) is 1. The average molecular weight is 173 g/mol. The van der Waals surface area contributed by atoms with Gasteiger partial charge in [0, 0.05) is 18.7 Å². The lowest BCUT2D eigenvalue weighted by molar-refractivity contribution is 1.09. The molecule has 0 saturated heterocycles. The molecule has 1 nitrogen and oxygen atoms in total. The third-order valence-corrected chi connectivity index (χ3v) is 1.93. The van der Waals surface area contributed by atoms with E-state index in [1.165, 1.54) is 5.56 Å². The summed E-state index contributed by atoms with van der Waals surface area (Å²) in [7, 11) is 0. The highest BCUT2D eigenvalue weighted by molar-refractivity contribution is 5.45. The molecule has 1 aromatic carbocycles. The van der Waals surface area contributed by atoms with Crippen LogP contribution < -0.4 is 5.32 Å². The highest BCUT2D eigenvalue weighted by Crippen LogP contribution is 2.10. The first kappa shape index (κ1) is 9.67. The number of hydrogen-bond donors (Lipinski definition) is 1. The van der Waals surface area contributed by atoms with Gasteiger partial charge in [-0.15, -0.1) is 12.3 Å². The monoisotopic (exact) mass is 173 g/mol. The smallest absolute Gasteiger partial charge is 0.0343 e. The van der Waals surface area contributed by atoms with E-state index in [9.17, 15) is 0 Å². The minimum Gasteiger partial charge on any atom is -0.384 e. The quantitative estimate of drug-likeness (QED) is 0.545. The van der Waals surface area contributed by atoms with Crippen molar-refractivity contribution in [1.82, 2.24) is 0 Å². The lowest BCUT2D eigenvalue weighted by atomic mass is 10.1. The summed E-state index contributed by atoms with van der Waals surface area (Å²) >= 11 is 0. The first-order valence-corrected chi connectivity index (χ1v) is 4.63. The third-order valence-electron chi connectivity index (χ3n) is 1.93. The van der Waals surface area contributed by atoms with Crippen LogP contribution in [0.25, 0.3) is 0 Å². The van der Waals surface area contributed by atoms with Crippen LogP contribution in [0.15, 0.2) is 24.3 Å². The Balaban J connectivity index is 2.52. The van der Waals surface area contributed by atoms with Gasteiger partial charge in [0.1, 0.15) is 0 Å². The van der Waals surface area contributed by atoms with Gasteiger partial charge in [-0.25, -0.2) is 0 Å². The van der Waals surface area contributed by atoms with Crippen molar-refractivity contribution in [2.24, 2.45) is 0 Å². The van der Waals surface area contributed by atoms with Crippen LogP contribution in [-0.4, -0.2) is 6.54 Å². The van der Waals surface area contributed by atoms with Gasteiger partial charge >= 0.3 is 0 Å². The Morgan fingerprint density at radius 3 is 3.00 bits per heavy atom. The molecule has 1 heteroatoms. The van der Waals surface area contributed by atoms with Gasteiger partial charge in [-0.1, -0.05) is 19.1 Å². The molecule has 0 aliphatic carbocycles. The van der Waals surface area contributed by atoms with Crippen molar-refractivity contribution in [2.75, 3.05) is 11.9 Å². The zero-order chi connectivity index (χ0) is 9.52. The molecule has 1 aromatic rings. The molecule has 13 heavy (non-hydrogen) atoms. The van der Waals surface area contributed by atoms with Gasteiger partial charge in [0.25, 0.3) is 0 Å². The number of rotatable bonds is 4. The third kappa shape index (κ3) is 3.21. The van der Waals surface area contributed by atoms with Gasteiger partial charge in [-0.2, -0.15) is 0 Å². The molecule has 0 aliphatic heterocycles. The zero-order valence-corrected chi connectivity index (χ0v) is 8.01. The van der Waals surface area contributed by atoms with E-state index >= 15 is 0 Å². The molecular weight excluding hydrogens is 158 g/mol. The standard InChI is InChI=1S/C12H15N/c1-3-5-9-13-12-8-6-7-11(4-2)10-12/h1,6-8,10,13H,4-5,9H2,2H3. The molecule has 0 bridgehead atoms. The molecule has 0 heterocycles. The van der Waals surface area contributed by atoms with E-state index in [0.717, 1.165) is 25.1 Å².